The van der Waals surface area contributed by atoms with Gasteiger partial charge in [-0.3, -0.25) is 4.79 Å². The van der Waals surface area contributed by atoms with E-state index in [4.69, 9.17) is 11.6 Å². The van der Waals surface area contributed by atoms with Crippen LogP contribution in [0.3, 0.4) is 0 Å². The lowest BCUT2D eigenvalue weighted by molar-refractivity contribution is -0.117. The molecule has 1 amide bonds. The molecule has 1 aliphatic carbocycles. The van der Waals surface area contributed by atoms with Crippen molar-refractivity contribution >= 4 is 17.5 Å². The molecule has 1 aromatic carbocycles. The number of aliphatic hydroxyl groups is 1. The predicted octanol–water partition coefficient (Wildman–Crippen LogP) is 3.23. The van der Waals surface area contributed by atoms with Crippen LogP contribution in [0, 0.1) is 5.92 Å². The van der Waals surface area contributed by atoms with Crippen molar-refractivity contribution in [2.45, 2.75) is 38.8 Å². The number of benzene rings is 1. The zero-order chi connectivity index (χ0) is 14.7. The van der Waals surface area contributed by atoms with E-state index in [0.717, 1.165) is 11.1 Å². The number of hydrogen-bond donors (Lipinski definition) is 2. The third kappa shape index (κ3) is 4.09. The molecule has 0 aromatic heterocycles. The molecule has 0 spiro atoms. The predicted molar refractivity (Wildman–Crippen MR) is 80.5 cm³/mol. The van der Waals surface area contributed by atoms with Gasteiger partial charge in [0.1, 0.15) is 0 Å². The minimum atomic E-state index is -0.745. The van der Waals surface area contributed by atoms with Gasteiger partial charge in [-0.05, 0) is 50.3 Å². The van der Waals surface area contributed by atoms with Crippen LogP contribution < -0.4 is 5.32 Å². The first-order valence-electron chi connectivity index (χ1n) is 6.89. The highest BCUT2D eigenvalue weighted by Gasteiger charge is 2.24. The summed E-state index contributed by atoms with van der Waals surface area (Å²) in [5.41, 5.74) is 1.86. The number of carbonyl (C=O) groups is 1. The highest BCUT2D eigenvalue weighted by Crippen LogP contribution is 2.35. The summed E-state index contributed by atoms with van der Waals surface area (Å²) in [6, 6.07) is 6.63. The Balaban J connectivity index is 1.93. The molecule has 0 bridgehead atoms. The number of rotatable bonds is 5. The highest BCUT2D eigenvalue weighted by molar-refractivity contribution is 6.30. The van der Waals surface area contributed by atoms with Crippen LogP contribution in [0.25, 0.3) is 0 Å². The average Bonchev–Trinajstić information content (AvgIpc) is 3.22. The molecule has 2 unspecified atom stereocenters. The summed E-state index contributed by atoms with van der Waals surface area (Å²) in [7, 11) is 0. The van der Waals surface area contributed by atoms with E-state index in [1.165, 1.54) is 12.8 Å². The smallest absolute Gasteiger partial charge is 0.244 e. The quantitative estimate of drug-likeness (QED) is 0.819. The molecule has 2 atom stereocenters. The number of carbonyl (C=O) groups excluding carboxylic acids is 1. The standard InChI is InChI=1S/C16H20ClNO2/c1-10(12-3-4-12)9-15(19)18-11(2)16(20)13-5-7-14(17)8-6-13/h5-9,11-12,16,20H,3-4H2,1-2H3,(H,18,19)/b10-9-. The number of hydrogen-bond acceptors (Lipinski definition) is 2. The fraction of sp³-hybridized carbons (Fsp3) is 0.438. The van der Waals surface area contributed by atoms with Gasteiger partial charge in [0.25, 0.3) is 0 Å². The zero-order valence-electron chi connectivity index (χ0n) is 11.8. The molecule has 1 saturated carbocycles. The van der Waals surface area contributed by atoms with E-state index in [0.29, 0.717) is 10.9 Å². The normalized spacial score (nSPS) is 18.5. The maximum absolute atomic E-state index is 11.9. The van der Waals surface area contributed by atoms with E-state index < -0.39 is 6.10 Å². The fourth-order valence-electron chi connectivity index (χ4n) is 2.16. The Morgan fingerprint density at radius 1 is 1.40 bits per heavy atom. The van der Waals surface area contributed by atoms with Crippen molar-refractivity contribution in [1.29, 1.82) is 0 Å². The van der Waals surface area contributed by atoms with Gasteiger partial charge in [0, 0.05) is 11.1 Å². The SMILES string of the molecule is C/C(=C/C(=O)NC(C)C(O)c1ccc(Cl)cc1)C1CC1. The number of aliphatic hydroxyl groups excluding tert-OH is 1. The molecule has 2 rings (SSSR count). The van der Waals surface area contributed by atoms with Gasteiger partial charge in [-0.25, -0.2) is 0 Å². The maximum Gasteiger partial charge on any atom is 0.244 e. The first-order valence-corrected chi connectivity index (χ1v) is 7.27. The van der Waals surface area contributed by atoms with Crippen molar-refractivity contribution in [2.24, 2.45) is 5.92 Å². The van der Waals surface area contributed by atoms with Gasteiger partial charge in [0.05, 0.1) is 12.1 Å². The Morgan fingerprint density at radius 3 is 2.55 bits per heavy atom. The monoisotopic (exact) mass is 293 g/mol. The Kier molecular flexibility index (Phi) is 4.84. The van der Waals surface area contributed by atoms with Crippen LogP contribution >= 0.6 is 11.6 Å². The van der Waals surface area contributed by atoms with Crippen molar-refractivity contribution < 1.29 is 9.90 Å². The van der Waals surface area contributed by atoms with Gasteiger partial charge in [-0.1, -0.05) is 29.3 Å². The minimum absolute atomic E-state index is 0.144. The van der Waals surface area contributed by atoms with E-state index in [1.807, 2.05) is 6.92 Å². The van der Waals surface area contributed by atoms with Crippen LogP contribution in [0.4, 0.5) is 0 Å². The largest absolute Gasteiger partial charge is 0.386 e. The van der Waals surface area contributed by atoms with Crippen LogP contribution in [-0.2, 0) is 4.79 Å². The van der Waals surface area contributed by atoms with Crippen molar-refractivity contribution in [3.8, 4) is 0 Å². The molecule has 0 saturated heterocycles. The topological polar surface area (TPSA) is 49.3 Å². The van der Waals surface area contributed by atoms with E-state index >= 15 is 0 Å². The molecule has 20 heavy (non-hydrogen) atoms. The van der Waals surface area contributed by atoms with Gasteiger partial charge in [0.15, 0.2) is 0 Å². The number of halogens is 1. The van der Waals surface area contributed by atoms with Crippen molar-refractivity contribution in [1.82, 2.24) is 5.32 Å². The Morgan fingerprint density at radius 2 is 2.00 bits per heavy atom. The van der Waals surface area contributed by atoms with Crippen molar-refractivity contribution in [3.63, 3.8) is 0 Å². The molecule has 1 aliphatic rings. The van der Waals surface area contributed by atoms with Gasteiger partial charge >= 0.3 is 0 Å². The van der Waals surface area contributed by atoms with Crippen LogP contribution in [0.1, 0.15) is 38.4 Å². The summed E-state index contributed by atoms with van der Waals surface area (Å²) in [6.45, 7) is 3.77. The van der Waals surface area contributed by atoms with Crippen molar-refractivity contribution in [3.05, 3.63) is 46.5 Å². The minimum Gasteiger partial charge on any atom is -0.386 e. The summed E-state index contributed by atoms with van der Waals surface area (Å²) in [4.78, 5) is 11.9. The van der Waals surface area contributed by atoms with E-state index in [2.05, 4.69) is 5.32 Å². The first kappa shape index (κ1) is 15.1. The van der Waals surface area contributed by atoms with Gasteiger partial charge < -0.3 is 10.4 Å². The van der Waals surface area contributed by atoms with Crippen LogP contribution in [0.15, 0.2) is 35.9 Å². The molecular weight excluding hydrogens is 274 g/mol. The molecule has 2 N–H and O–H groups in total. The summed E-state index contributed by atoms with van der Waals surface area (Å²) in [5.74, 6) is 0.437. The van der Waals surface area contributed by atoms with E-state index in [1.54, 1.807) is 37.3 Å². The second kappa shape index (κ2) is 6.42. The van der Waals surface area contributed by atoms with Gasteiger partial charge in [-0.15, -0.1) is 0 Å². The zero-order valence-corrected chi connectivity index (χ0v) is 12.5. The van der Waals surface area contributed by atoms with E-state index in [-0.39, 0.29) is 11.9 Å². The Bertz CT molecular complexity index is 506. The lowest BCUT2D eigenvalue weighted by Crippen LogP contribution is -2.36. The molecule has 0 heterocycles. The summed E-state index contributed by atoms with van der Waals surface area (Å²) in [6.07, 6.45) is 3.26. The molecule has 1 fully saturated rings. The second-order valence-electron chi connectivity index (χ2n) is 5.46. The third-order valence-electron chi connectivity index (χ3n) is 3.64. The fourth-order valence-corrected chi connectivity index (χ4v) is 2.28. The number of amides is 1. The first-order chi connectivity index (χ1) is 9.47. The van der Waals surface area contributed by atoms with Gasteiger partial charge in [0.2, 0.25) is 5.91 Å². The Labute approximate surface area is 124 Å². The van der Waals surface area contributed by atoms with Crippen LogP contribution in [0.2, 0.25) is 5.02 Å². The third-order valence-corrected chi connectivity index (χ3v) is 3.89. The number of nitrogens with one attached hydrogen (secondary N) is 1. The van der Waals surface area contributed by atoms with Crippen LogP contribution in [0.5, 0.6) is 0 Å². The molecule has 3 nitrogen and oxygen atoms in total. The lowest BCUT2D eigenvalue weighted by Gasteiger charge is -2.20. The molecule has 4 heteroatoms. The van der Waals surface area contributed by atoms with Crippen LogP contribution in [-0.4, -0.2) is 17.1 Å². The van der Waals surface area contributed by atoms with Crippen molar-refractivity contribution in [2.75, 3.05) is 0 Å². The molecule has 0 aliphatic heterocycles. The van der Waals surface area contributed by atoms with Gasteiger partial charge in [-0.2, -0.15) is 0 Å². The summed E-state index contributed by atoms with van der Waals surface area (Å²) in [5, 5.41) is 13.6. The second-order valence-corrected chi connectivity index (χ2v) is 5.89. The van der Waals surface area contributed by atoms with E-state index in [9.17, 15) is 9.90 Å². The molecular formula is C16H20ClNO2. The summed E-state index contributed by atoms with van der Waals surface area (Å²) >= 11 is 5.81. The molecule has 108 valence electrons. The maximum atomic E-state index is 11.9. The Hall–Kier alpha value is -1.32. The average molecular weight is 294 g/mol. The highest BCUT2D eigenvalue weighted by atomic mass is 35.5. The number of allylic oxidation sites excluding steroid dienone is 1. The lowest BCUT2D eigenvalue weighted by atomic mass is 10.0. The molecule has 1 aromatic rings. The molecule has 0 radical (unpaired) electrons. The summed E-state index contributed by atoms with van der Waals surface area (Å²) < 4.78 is 0.